The van der Waals surface area contributed by atoms with Crippen molar-refractivity contribution in [2.75, 3.05) is 20.0 Å². The third kappa shape index (κ3) is 3.52. The van der Waals surface area contributed by atoms with Crippen LogP contribution in [-0.4, -0.2) is 29.4 Å². The highest BCUT2D eigenvalue weighted by Gasteiger charge is 2.25. The van der Waals surface area contributed by atoms with Crippen LogP contribution in [0, 0.1) is 0 Å². The average Bonchev–Trinajstić information content (AvgIpc) is 3.45. The predicted octanol–water partition coefficient (Wildman–Crippen LogP) is 5.56. The van der Waals surface area contributed by atoms with Gasteiger partial charge in [-0.15, -0.1) is 11.3 Å². The molecule has 3 heterocycles. The Balaban J connectivity index is 1.64. The van der Waals surface area contributed by atoms with Gasteiger partial charge in [0.2, 0.25) is 5.78 Å². The van der Waals surface area contributed by atoms with Gasteiger partial charge in [-0.25, -0.2) is 4.98 Å². The monoisotopic (exact) mass is 455 g/mol. The lowest BCUT2D eigenvalue weighted by molar-refractivity contribution is 0.103. The number of nitrogens with zero attached hydrogens (tertiary/aromatic N) is 2. The van der Waals surface area contributed by atoms with Gasteiger partial charge in [-0.3, -0.25) is 4.79 Å². The van der Waals surface area contributed by atoms with E-state index in [4.69, 9.17) is 20.2 Å². The summed E-state index contributed by atoms with van der Waals surface area (Å²) in [7, 11) is 3.23. The molecule has 33 heavy (non-hydrogen) atoms. The van der Waals surface area contributed by atoms with Crippen LogP contribution in [0.2, 0.25) is 0 Å². The molecule has 0 unspecified atom stereocenters. The van der Waals surface area contributed by atoms with Crippen LogP contribution >= 0.6 is 11.3 Å². The molecule has 7 heteroatoms. The molecule has 0 radical (unpaired) electrons. The molecule has 0 atom stereocenters. The Hall–Kier alpha value is -4.10. The fourth-order valence-electron chi connectivity index (χ4n) is 3.93. The van der Waals surface area contributed by atoms with Gasteiger partial charge in [-0.2, -0.15) is 0 Å². The third-order valence-electron chi connectivity index (χ3n) is 5.55. The first-order valence-corrected chi connectivity index (χ1v) is 11.2. The van der Waals surface area contributed by atoms with Crippen molar-refractivity contribution < 1.29 is 14.3 Å². The second kappa shape index (κ2) is 8.44. The number of methoxy groups -OCH3 is 2. The van der Waals surface area contributed by atoms with Crippen LogP contribution in [0.15, 0.2) is 78.3 Å². The van der Waals surface area contributed by atoms with Gasteiger partial charge in [-0.1, -0.05) is 18.2 Å². The molecule has 164 valence electrons. The van der Waals surface area contributed by atoms with Crippen molar-refractivity contribution in [3.05, 3.63) is 89.6 Å². The van der Waals surface area contributed by atoms with Crippen LogP contribution in [0.3, 0.4) is 0 Å². The Morgan fingerprint density at radius 2 is 1.73 bits per heavy atom. The number of carbonyl (C=O) groups is 1. The number of nitrogen functional groups attached to an aromatic ring is 1. The van der Waals surface area contributed by atoms with Crippen molar-refractivity contribution in [1.29, 1.82) is 0 Å². The molecule has 5 rings (SSSR count). The number of hydrogen-bond donors (Lipinski definition) is 1. The summed E-state index contributed by atoms with van der Waals surface area (Å²) in [5, 5.41) is 2.72. The molecule has 2 aromatic carbocycles. The number of pyridine rings is 1. The number of fused-ring (bicyclic) bond motifs is 1. The molecule has 3 aromatic heterocycles. The number of ketones is 1. The SMILES string of the molecule is COc1ccc(C(=O)c2c(N)c(-c3nc(-c4ccccc4OC)cs3)c3ccccn23)cc1. The van der Waals surface area contributed by atoms with Gasteiger partial charge in [0.25, 0.3) is 0 Å². The summed E-state index contributed by atoms with van der Waals surface area (Å²) in [4.78, 5) is 18.3. The fourth-order valence-corrected chi connectivity index (χ4v) is 4.82. The predicted molar refractivity (Wildman–Crippen MR) is 131 cm³/mol. The Bertz CT molecular complexity index is 1470. The van der Waals surface area contributed by atoms with Crippen molar-refractivity contribution in [2.24, 2.45) is 0 Å². The maximum absolute atomic E-state index is 13.5. The maximum Gasteiger partial charge on any atom is 0.211 e. The van der Waals surface area contributed by atoms with Gasteiger partial charge >= 0.3 is 0 Å². The summed E-state index contributed by atoms with van der Waals surface area (Å²) in [5.41, 5.74) is 11.3. The molecule has 0 spiro atoms. The molecule has 0 saturated carbocycles. The number of hydrogen-bond acceptors (Lipinski definition) is 6. The summed E-state index contributed by atoms with van der Waals surface area (Å²) in [5.74, 6) is 1.27. The molecular formula is C26H21N3O3S. The Morgan fingerprint density at radius 3 is 2.48 bits per heavy atom. The lowest BCUT2D eigenvalue weighted by Gasteiger charge is -2.05. The molecule has 0 amide bonds. The molecule has 0 bridgehead atoms. The number of para-hydroxylation sites is 1. The van der Waals surface area contributed by atoms with Crippen molar-refractivity contribution in [3.8, 4) is 33.3 Å². The normalized spacial score (nSPS) is 11.0. The van der Waals surface area contributed by atoms with Crippen molar-refractivity contribution >= 4 is 28.3 Å². The second-order valence-corrected chi connectivity index (χ2v) is 8.25. The zero-order valence-corrected chi connectivity index (χ0v) is 18.9. The topological polar surface area (TPSA) is 78.9 Å². The molecule has 0 aliphatic rings. The summed E-state index contributed by atoms with van der Waals surface area (Å²) in [6.45, 7) is 0. The van der Waals surface area contributed by atoms with Crippen LogP contribution in [0.4, 0.5) is 5.69 Å². The molecular weight excluding hydrogens is 434 g/mol. The number of thiazole rings is 1. The lowest BCUT2D eigenvalue weighted by Crippen LogP contribution is -2.08. The molecule has 6 nitrogen and oxygen atoms in total. The summed E-state index contributed by atoms with van der Waals surface area (Å²) >= 11 is 1.48. The number of rotatable bonds is 6. The second-order valence-electron chi connectivity index (χ2n) is 7.39. The van der Waals surface area contributed by atoms with Crippen LogP contribution in [-0.2, 0) is 0 Å². The Morgan fingerprint density at radius 1 is 0.970 bits per heavy atom. The number of aromatic nitrogens is 2. The van der Waals surface area contributed by atoms with Gasteiger partial charge in [0.05, 0.1) is 36.7 Å². The molecule has 0 aliphatic carbocycles. The van der Waals surface area contributed by atoms with Gasteiger partial charge in [0.1, 0.15) is 22.2 Å². The minimum Gasteiger partial charge on any atom is -0.497 e. The van der Waals surface area contributed by atoms with Crippen LogP contribution in [0.5, 0.6) is 11.5 Å². The standard InChI is InChI=1S/C26H21N3O3S/c1-31-17-12-10-16(11-13-17)25(30)24-23(27)22(20-8-5-6-14-29(20)24)26-28-19(15-33-26)18-7-3-4-9-21(18)32-2/h3-15H,27H2,1-2H3. The lowest BCUT2D eigenvalue weighted by atomic mass is 10.1. The van der Waals surface area contributed by atoms with E-state index in [1.54, 1.807) is 38.5 Å². The Labute approximate surface area is 194 Å². The summed E-state index contributed by atoms with van der Waals surface area (Å²) < 4.78 is 12.5. The van der Waals surface area contributed by atoms with E-state index in [0.29, 0.717) is 22.7 Å². The highest BCUT2D eigenvalue weighted by molar-refractivity contribution is 7.13. The number of carbonyl (C=O) groups excluding carboxylic acids is 1. The number of nitrogens with two attached hydrogens (primary N) is 1. The van der Waals surface area contributed by atoms with E-state index in [1.165, 1.54) is 11.3 Å². The van der Waals surface area contributed by atoms with Crippen LogP contribution in [0.1, 0.15) is 16.1 Å². The zero-order valence-electron chi connectivity index (χ0n) is 18.1. The van der Waals surface area contributed by atoms with E-state index in [1.807, 2.05) is 58.4 Å². The van der Waals surface area contributed by atoms with Gasteiger partial charge in [-0.05, 0) is 48.5 Å². The average molecular weight is 456 g/mol. The van der Waals surface area contributed by atoms with Gasteiger partial charge < -0.3 is 19.6 Å². The van der Waals surface area contributed by atoms with E-state index >= 15 is 0 Å². The number of ether oxygens (including phenoxy) is 2. The molecule has 0 aliphatic heterocycles. The molecule has 0 saturated heterocycles. The minimum atomic E-state index is -0.163. The largest absolute Gasteiger partial charge is 0.497 e. The number of benzene rings is 2. The molecule has 0 fully saturated rings. The van der Waals surface area contributed by atoms with E-state index in [2.05, 4.69) is 0 Å². The first-order chi connectivity index (χ1) is 16.1. The first kappa shape index (κ1) is 20.8. The zero-order chi connectivity index (χ0) is 22.9. The quantitative estimate of drug-likeness (QED) is 0.339. The molecule has 5 aromatic rings. The van der Waals surface area contributed by atoms with E-state index < -0.39 is 0 Å². The van der Waals surface area contributed by atoms with Gasteiger partial charge in [0.15, 0.2) is 0 Å². The van der Waals surface area contributed by atoms with E-state index in [9.17, 15) is 4.79 Å². The molecule has 2 N–H and O–H groups in total. The van der Waals surface area contributed by atoms with Crippen molar-refractivity contribution in [1.82, 2.24) is 9.38 Å². The minimum absolute atomic E-state index is 0.163. The number of anilines is 1. The fraction of sp³-hybridized carbons (Fsp3) is 0.0769. The summed E-state index contributed by atoms with van der Waals surface area (Å²) in [6, 6.07) is 20.5. The van der Waals surface area contributed by atoms with Gasteiger partial charge in [0, 0.05) is 22.7 Å². The van der Waals surface area contributed by atoms with Crippen LogP contribution < -0.4 is 15.2 Å². The summed E-state index contributed by atoms with van der Waals surface area (Å²) in [6.07, 6.45) is 1.85. The highest BCUT2D eigenvalue weighted by Crippen LogP contribution is 2.40. The van der Waals surface area contributed by atoms with Crippen molar-refractivity contribution in [2.45, 2.75) is 0 Å². The third-order valence-corrected chi connectivity index (χ3v) is 6.41. The maximum atomic E-state index is 13.5. The Kier molecular flexibility index (Phi) is 5.32. The van der Waals surface area contributed by atoms with Crippen LogP contribution in [0.25, 0.3) is 27.3 Å². The first-order valence-electron chi connectivity index (χ1n) is 10.3. The van der Waals surface area contributed by atoms with E-state index in [0.717, 1.165) is 33.1 Å². The van der Waals surface area contributed by atoms with E-state index in [-0.39, 0.29) is 5.78 Å². The van der Waals surface area contributed by atoms with Crippen molar-refractivity contribution in [3.63, 3.8) is 0 Å². The smallest absolute Gasteiger partial charge is 0.211 e. The highest BCUT2D eigenvalue weighted by atomic mass is 32.1.